The van der Waals surface area contributed by atoms with Crippen molar-refractivity contribution in [1.29, 1.82) is 0 Å². The predicted molar refractivity (Wildman–Crippen MR) is 75.4 cm³/mol. The lowest BCUT2D eigenvalue weighted by atomic mass is 10.2. The first kappa shape index (κ1) is 14.1. The lowest BCUT2D eigenvalue weighted by molar-refractivity contribution is -0.384. The molecule has 3 rings (SSSR count). The molecule has 0 spiro atoms. The Labute approximate surface area is 123 Å². The zero-order valence-corrected chi connectivity index (χ0v) is 11.7. The maximum Gasteiger partial charge on any atom is 0.283 e. The summed E-state index contributed by atoms with van der Waals surface area (Å²) in [7, 11) is -4.08. The molecule has 1 aromatic heterocycles. The molecule has 0 unspecified atom stereocenters. The molecule has 0 aliphatic carbocycles. The minimum Gasteiger partial charge on any atom is -0.258 e. The first-order valence-corrected chi connectivity index (χ1v) is 7.48. The van der Waals surface area contributed by atoms with Crippen LogP contribution in [0, 0.1) is 16.1 Å². The fourth-order valence-corrected chi connectivity index (χ4v) is 3.33. The van der Waals surface area contributed by atoms with Gasteiger partial charge in [-0.05, 0) is 18.2 Å². The number of rotatable bonds is 3. The van der Waals surface area contributed by atoms with Crippen molar-refractivity contribution in [2.45, 2.75) is 4.90 Å². The van der Waals surface area contributed by atoms with Crippen molar-refractivity contribution in [2.75, 3.05) is 0 Å². The first-order chi connectivity index (χ1) is 10.4. The zero-order valence-electron chi connectivity index (χ0n) is 10.9. The van der Waals surface area contributed by atoms with E-state index in [-0.39, 0.29) is 21.5 Å². The molecule has 1 heterocycles. The van der Waals surface area contributed by atoms with Gasteiger partial charge < -0.3 is 0 Å². The Balaban J connectivity index is 2.27. The lowest BCUT2D eigenvalue weighted by Gasteiger charge is -2.05. The van der Waals surface area contributed by atoms with Crippen molar-refractivity contribution in [3.63, 3.8) is 0 Å². The summed E-state index contributed by atoms with van der Waals surface area (Å²) in [6, 6.07) is 10.6. The van der Waals surface area contributed by atoms with E-state index in [1.807, 2.05) is 0 Å². The summed E-state index contributed by atoms with van der Waals surface area (Å²) in [6.45, 7) is 0. The predicted octanol–water partition coefficient (Wildman–Crippen LogP) is 2.32. The van der Waals surface area contributed by atoms with Crippen LogP contribution >= 0.6 is 0 Å². The van der Waals surface area contributed by atoms with Gasteiger partial charge in [-0.25, -0.2) is 0 Å². The Morgan fingerprint density at radius 3 is 2.45 bits per heavy atom. The average molecular weight is 321 g/mol. The van der Waals surface area contributed by atoms with E-state index in [1.54, 1.807) is 6.07 Å². The van der Waals surface area contributed by atoms with Gasteiger partial charge in [0.05, 0.1) is 20.7 Å². The summed E-state index contributed by atoms with van der Waals surface area (Å²) >= 11 is 0. The van der Waals surface area contributed by atoms with Crippen molar-refractivity contribution >= 4 is 26.6 Å². The minimum absolute atomic E-state index is 0.0576. The van der Waals surface area contributed by atoms with Gasteiger partial charge in [0.1, 0.15) is 0 Å². The number of hydrogen-bond donors (Lipinski definition) is 0. The topological polar surface area (TPSA) is 95.1 Å². The maximum absolute atomic E-state index is 13.9. The number of aromatic nitrogens is 2. The van der Waals surface area contributed by atoms with Gasteiger partial charge in [-0.15, -0.1) is 5.10 Å². The third kappa shape index (κ3) is 2.11. The molecule has 2 aromatic carbocycles. The first-order valence-electron chi connectivity index (χ1n) is 6.04. The summed E-state index contributed by atoms with van der Waals surface area (Å²) in [5.74, 6) is -1.08. The molecule has 0 aliphatic rings. The number of nitro groups is 1. The van der Waals surface area contributed by atoms with E-state index in [0.29, 0.717) is 4.09 Å². The number of halogens is 1. The Bertz CT molecular complexity index is 983. The number of fused-ring (bicyclic) bond motifs is 1. The van der Waals surface area contributed by atoms with Gasteiger partial charge in [0, 0.05) is 12.1 Å². The number of nitro benzene ring substituents is 1. The Morgan fingerprint density at radius 1 is 1.14 bits per heavy atom. The molecule has 7 nitrogen and oxygen atoms in total. The monoisotopic (exact) mass is 321 g/mol. The highest BCUT2D eigenvalue weighted by atomic mass is 32.2. The molecule has 0 atom stereocenters. The third-order valence-electron chi connectivity index (χ3n) is 3.07. The molecule has 9 heteroatoms. The van der Waals surface area contributed by atoms with Crippen molar-refractivity contribution < 1.29 is 17.7 Å². The summed E-state index contributed by atoms with van der Waals surface area (Å²) in [5.41, 5.74) is -0.407. The van der Waals surface area contributed by atoms with Crippen LogP contribution in [0.3, 0.4) is 0 Å². The van der Waals surface area contributed by atoms with Gasteiger partial charge in [0.15, 0.2) is 0 Å². The molecule has 22 heavy (non-hydrogen) atoms. The van der Waals surface area contributed by atoms with E-state index < -0.39 is 20.9 Å². The minimum atomic E-state index is -4.08. The fourth-order valence-electron chi connectivity index (χ4n) is 2.03. The van der Waals surface area contributed by atoms with E-state index in [4.69, 9.17) is 0 Å². The summed E-state index contributed by atoms with van der Waals surface area (Å²) < 4.78 is 39.4. The molecule has 0 N–H and O–H groups in total. The molecule has 0 radical (unpaired) electrons. The van der Waals surface area contributed by atoms with Crippen molar-refractivity contribution in [1.82, 2.24) is 9.19 Å². The Morgan fingerprint density at radius 2 is 1.82 bits per heavy atom. The molecule has 3 aromatic rings. The highest BCUT2D eigenvalue weighted by Gasteiger charge is 2.24. The van der Waals surface area contributed by atoms with Crippen LogP contribution in [0.4, 0.5) is 10.1 Å². The Kier molecular flexibility index (Phi) is 3.14. The SMILES string of the molecule is O=[N+]([O-])c1ccc2c(c1)c(F)nn2S(=O)(=O)c1ccccc1. The van der Waals surface area contributed by atoms with E-state index in [1.165, 1.54) is 24.3 Å². The van der Waals surface area contributed by atoms with Crippen LogP contribution in [-0.4, -0.2) is 22.5 Å². The zero-order chi connectivity index (χ0) is 15.9. The summed E-state index contributed by atoms with van der Waals surface area (Å²) in [4.78, 5) is 9.97. The average Bonchev–Trinajstić information content (AvgIpc) is 2.85. The normalized spacial score (nSPS) is 11.7. The number of non-ortho nitro benzene ring substituents is 1. The van der Waals surface area contributed by atoms with Crippen LogP contribution in [0.25, 0.3) is 10.9 Å². The molecule has 0 aliphatic heterocycles. The molecule has 0 saturated heterocycles. The molecular weight excluding hydrogens is 313 g/mol. The summed E-state index contributed by atoms with van der Waals surface area (Å²) in [5, 5.41) is 13.9. The van der Waals surface area contributed by atoms with Gasteiger partial charge in [-0.2, -0.15) is 16.9 Å². The van der Waals surface area contributed by atoms with E-state index in [9.17, 15) is 22.9 Å². The van der Waals surface area contributed by atoms with Crippen LogP contribution in [-0.2, 0) is 10.0 Å². The van der Waals surface area contributed by atoms with Crippen LogP contribution in [0.5, 0.6) is 0 Å². The van der Waals surface area contributed by atoms with E-state index >= 15 is 0 Å². The molecular formula is C13H8FN3O4S. The van der Waals surface area contributed by atoms with Gasteiger partial charge >= 0.3 is 0 Å². The molecule has 0 bridgehead atoms. The summed E-state index contributed by atoms with van der Waals surface area (Å²) in [6.07, 6.45) is 0. The standard InChI is InChI=1S/C13H8FN3O4S/c14-13-11-8-9(17(18)19)6-7-12(11)16(15-13)22(20,21)10-4-2-1-3-5-10/h1-8H. The number of benzene rings is 2. The maximum atomic E-state index is 13.9. The lowest BCUT2D eigenvalue weighted by Crippen LogP contribution is -2.14. The molecule has 0 fully saturated rings. The second-order valence-corrected chi connectivity index (χ2v) is 6.18. The van der Waals surface area contributed by atoms with Crippen molar-refractivity contribution in [2.24, 2.45) is 0 Å². The second kappa shape index (κ2) is 4.88. The third-order valence-corrected chi connectivity index (χ3v) is 4.67. The Hall–Kier alpha value is -2.81. The van der Waals surface area contributed by atoms with Crippen LogP contribution in [0.1, 0.15) is 0 Å². The molecule has 0 saturated carbocycles. The van der Waals surface area contributed by atoms with Crippen LogP contribution < -0.4 is 0 Å². The molecule has 112 valence electrons. The fraction of sp³-hybridized carbons (Fsp3) is 0. The quantitative estimate of drug-likeness (QED) is 0.545. The van der Waals surface area contributed by atoms with Crippen molar-refractivity contribution in [3.8, 4) is 0 Å². The van der Waals surface area contributed by atoms with Gasteiger partial charge in [0.25, 0.3) is 15.7 Å². The van der Waals surface area contributed by atoms with Gasteiger partial charge in [-0.3, -0.25) is 10.1 Å². The smallest absolute Gasteiger partial charge is 0.258 e. The van der Waals surface area contributed by atoms with Gasteiger partial charge in [-0.1, -0.05) is 18.2 Å². The highest BCUT2D eigenvalue weighted by Crippen LogP contribution is 2.26. The van der Waals surface area contributed by atoms with E-state index in [2.05, 4.69) is 5.10 Å². The number of nitrogens with zero attached hydrogens (tertiary/aromatic N) is 3. The van der Waals surface area contributed by atoms with Crippen molar-refractivity contribution in [3.05, 3.63) is 64.6 Å². The van der Waals surface area contributed by atoms with Gasteiger partial charge in [0.2, 0.25) is 5.95 Å². The van der Waals surface area contributed by atoms with E-state index in [0.717, 1.165) is 18.2 Å². The second-order valence-electron chi connectivity index (χ2n) is 4.41. The van der Waals surface area contributed by atoms with Crippen LogP contribution in [0.15, 0.2) is 53.4 Å². The number of hydrogen-bond acceptors (Lipinski definition) is 5. The molecule has 0 amide bonds. The van der Waals surface area contributed by atoms with Crippen LogP contribution in [0.2, 0.25) is 0 Å². The highest BCUT2D eigenvalue weighted by molar-refractivity contribution is 7.90. The largest absolute Gasteiger partial charge is 0.283 e.